The quantitative estimate of drug-likeness (QED) is 0.696. The van der Waals surface area contributed by atoms with Crippen LogP contribution in [0.15, 0.2) is 24.3 Å². The molecule has 1 aliphatic carbocycles. The molecule has 0 saturated carbocycles. The van der Waals surface area contributed by atoms with E-state index in [-0.39, 0.29) is 5.91 Å². The van der Waals surface area contributed by atoms with Gasteiger partial charge in [-0.2, -0.15) is 13.1 Å². The average molecular weight is 363 g/mol. The molecule has 2 rings (SSSR count). The first-order valence-electron chi connectivity index (χ1n) is 6.22. The van der Waals surface area contributed by atoms with E-state index in [9.17, 15) is 13.2 Å². The van der Waals surface area contributed by atoms with Gasteiger partial charge in [-0.05, 0) is 6.92 Å². The summed E-state index contributed by atoms with van der Waals surface area (Å²) >= 11 is 7.85. The van der Waals surface area contributed by atoms with E-state index in [1.165, 1.54) is 18.3 Å². The van der Waals surface area contributed by atoms with Crippen molar-refractivity contribution in [2.75, 3.05) is 5.32 Å². The van der Waals surface area contributed by atoms with Gasteiger partial charge in [0.25, 0.3) is 10.2 Å². The predicted octanol–water partition coefficient (Wildman–Crippen LogP) is 1.13. The van der Waals surface area contributed by atoms with E-state index in [1.54, 1.807) is 31.2 Å². The Morgan fingerprint density at radius 2 is 2.18 bits per heavy atom. The van der Waals surface area contributed by atoms with Gasteiger partial charge in [-0.15, -0.1) is 11.6 Å². The maximum absolute atomic E-state index is 11.3. The number of anilines is 1. The number of carbonyl (C=O) groups is 1. The number of rotatable bonds is 4. The lowest BCUT2D eigenvalue weighted by Gasteiger charge is -2.32. The third kappa shape index (κ3) is 3.73. The molecule has 1 amide bonds. The van der Waals surface area contributed by atoms with Gasteiger partial charge in [0.15, 0.2) is 5.13 Å². The minimum atomic E-state index is -3.93. The largest absolute Gasteiger partial charge is 0.302 e. The number of thiazole rings is 1. The van der Waals surface area contributed by atoms with E-state index in [1.807, 2.05) is 0 Å². The highest BCUT2D eigenvalue weighted by atomic mass is 35.5. The van der Waals surface area contributed by atoms with Gasteiger partial charge in [0.05, 0.1) is 16.6 Å². The smallest absolute Gasteiger partial charge is 0.274 e. The van der Waals surface area contributed by atoms with E-state index >= 15 is 0 Å². The molecule has 1 heterocycles. The lowest BCUT2D eigenvalue weighted by Crippen LogP contribution is -2.48. The van der Waals surface area contributed by atoms with Crippen LogP contribution < -0.4 is 15.2 Å². The topological polar surface area (TPSA) is 114 Å². The van der Waals surface area contributed by atoms with E-state index in [0.717, 1.165) is 0 Å². The van der Waals surface area contributed by atoms with Crippen molar-refractivity contribution in [3.63, 3.8) is 0 Å². The molecule has 120 valence electrons. The van der Waals surface area contributed by atoms with Crippen LogP contribution in [0, 0.1) is 6.92 Å². The average Bonchev–Trinajstić information content (AvgIpc) is 2.71. The minimum absolute atomic E-state index is 0.248. The van der Waals surface area contributed by atoms with Crippen LogP contribution in [0.4, 0.5) is 5.13 Å². The number of hydrogen-bond donors (Lipinski definition) is 3. The van der Waals surface area contributed by atoms with Gasteiger partial charge in [-0.25, -0.2) is 10.1 Å². The second kappa shape index (κ2) is 6.09. The molecule has 1 aliphatic rings. The van der Waals surface area contributed by atoms with Crippen molar-refractivity contribution < 1.29 is 13.2 Å². The predicted molar refractivity (Wildman–Crippen MR) is 87.0 cm³/mol. The van der Waals surface area contributed by atoms with E-state index in [4.69, 9.17) is 16.7 Å². The zero-order chi connectivity index (χ0) is 16.5. The number of aromatic nitrogens is 1. The second-order valence-electron chi connectivity index (χ2n) is 4.77. The van der Waals surface area contributed by atoms with Crippen LogP contribution in [0.5, 0.6) is 0 Å². The molecule has 7 nitrogen and oxygen atoms in total. The Hall–Kier alpha value is -1.26. The number of carbonyl (C=O) groups excluding carboxylic acids is 1. The lowest BCUT2D eigenvalue weighted by molar-refractivity contribution is -0.114. The van der Waals surface area contributed by atoms with Crippen LogP contribution in [0.3, 0.4) is 0 Å². The number of aryl methyl sites for hydroxylation is 1. The van der Waals surface area contributed by atoms with Crippen LogP contribution in [-0.4, -0.2) is 25.4 Å². The molecule has 0 radical (unpaired) electrons. The summed E-state index contributed by atoms with van der Waals surface area (Å²) < 4.78 is 25.0. The number of amides is 1. The molecule has 1 aromatic heterocycles. The third-order valence-corrected chi connectivity index (χ3v) is 5.39. The molecule has 0 fully saturated rings. The number of halogens is 1. The molecule has 0 bridgehead atoms. The molecule has 10 heteroatoms. The standard InChI is InChI=1S/C12H15ClN4O3S2/c1-7-10(21-11(15-7)16-8(2)18)12(13)6-4-3-5-9(12)17-22(14,19)20/h3-6,9,17H,1-2H3,(H2,14,19,20)(H,15,16,18). The van der Waals surface area contributed by atoms with Crippen LogP contribution >= 0.6 is 22.9 Å². The molecule has 0 aromatic carbocycles. The Kier molecular flexibility index (Phi) is 4.73. The Bertz CT molecular complexity index is 756. The summed E-state index contributed by atoms with van der Waals surface area (Å²) in [5.74, 6) is -0.248. The van der Waals surface area contributed by atoms with Crippen molar-refractivity contribution in [1.82, 2.24) is 9.71 Å². The molecular weight excluding hydrogens is 348 g/mol. The summed E-state index contributed by atoms with van der Waals surface area (Å²) in [5, 5.41) is 8.04. The Morgan fingerprint density at radius 3 is 2.77 bits per heavy atom. The maximum Gasteiger partial charge on any atom is 0.274 e. The van der Waals surface area contributed by atoms with Gasteiger partial charge in [0.1, 0.15) is 4.87 Å². The van der Waals surface area contributed by atoms with Crippen LogP contribution in [-0.2, 0) is 19.9 Å². The van der Waals surface area contributed by atoms with Crippen LogP contribution in [0.1, 0.15) is 17.5 Å². The Labute approximate surface area is 137 Å². The second-order valence-corrected chi connectivity index (χ2v) is 7.72. The molecule has 1 aromatic rings. The molecule has 2 atom stereocenters. The SMILES string of the molecule is CC(=O)Nc1nc(C)c(C2(Cl)C=CC=CC2NS(N)(=O)=O)s1. The Balaban J connectivity index is 2.43. The molecule has 0 spiro atoms. The number of nitrogens with two attached hydrogens (primary N) is 1. The van der Waals surface area contributed by atoms with Crippen molar-refractivity contribution in [2.45, 2.75) is 24.8 Å². The third-order valence-electron chi connectivity index (χ3n) is 2.92. The Morgan fingerprint density at radius 1 is 1.50 bits per heavy atom. The summed E-state index contributed by atoms with van der Waals surface area (Å²) in [6.45, 7) is 3.11. The first kappa shape index (κ1) is 17.1. The lowest BCUT2D eigenvalue weighted by atomic mass is 9.92. The van der Waals surface area contributed by atoms with Crippen molar-refractivity contribution >= 4 is 44.2 Å². The van der Waals surface area contributed by atoms with Gasteiger partial charge in [0, 0.05) is 6.92 Å². The fraction of sp³-hybridized carbons (Fsp3) is 0.333. The fourth-order valence-corrected chi connectivity index (χ4v) is 4.34. The van der Waals surface area contributed by atoms with Crippen LogP contribution in [0.2, 0.25) is 0 Å². The minimum Gasteiger partial charge on any atom is -0.302 e. The van der Waals surface area contributed by atoms with E-state index in [0.29, 0.717) is 15.7 Å². The fourth-order valence-electron chi connectivity index (χ4n) is 2.09. The zero-order valence-corrected chi connectivity index (χ0v) is 14.2. The van der Waals surface area contributed by atoms with Crippen molar-refractivity contribution in [1.29, 1.82) is 0 Å². The number of nitrogens with one attached hydrogen (secondary N) is 2. The summed E-state index contributed by atoms with van der Waals surface area (Å²) in [6, 6.07) is -0.765. The van der Waals surface area contributed by atoms with Gasteiger partial charge >= 0.3 is 0 Å². The van der Waals surface area contributed by atoms with Gasteiger partial charge in [0.2, 0.25) is 5.91 Å². The van der Waals surface area contributed by atoms with Crippen molar-refractivity contribution in [2.24, 2.45) is 5.14 Å². The molecule has 22 heavy (non-hydrogen) atoms. The molecule has 0 saturated heterocycles. The highest BCUT2D eigenvalue weighted by Crippen LogP contribution is 2.43. The highest BCUT2D eigenvalue weighted by Gasteiger charge is 2.41. The number of hydrogen-bond acceptors (Lipinski definition) is 5. The first-order chi connectivity index (χ1) is 10.1. The number of nitrogens with zero attached hydrogens (tertiary/aromatic N) is 1. The van der Waals surface area contributed by atoms with E-state index < -0.39 is 21.1 Å². The number of allylic oxidation sites excluding steroid dienone is 2. The van der Waals surface area contributed by atoms with Crippen molar-refractivity contribution in [3.05, 3.63) is 34.9 Å². The first-order valence-corrected chi connectivity index (χ1v) is 8.96. The maximum atomic E-state index is 11.3. The van der Waals surface area contributed by atoms with Crippen molar-refractivity contribution in [3.8, 4) is 0 Å². The van der Waals surface area contributed by atoms with Gasteiger partial charge in [-0.3, -0.25) is 4.79 Å². The molecule has 2 unspecified atom stereocenters. The van der Waals surface area contributed by atoms with Crippen LogP contribution in [0.25, 0.3) is 0 Å². The summed E-state index contributed by atoms with van der Waals surface area (Å²) in [6.07, 6.45) is 6.66. The molecular formula is C12H15ClN4O3S2. The normalized spacial score (nSPS) is 24.5. The van der Waals surface area contributed by atoms with Gasteiger partial charge in [-0.1, -0.05) is 35.6 Å². The number of alkyl halides is 1. The molecule has 0 aliphatic heterocycles. The van der Waals surface area contributed by atoms with Gasteiger partial charge < -0.3 is 5.32 Å². The summed E-state index contributed by atoms with van der Waals surface area (Å²) in [5.41, 5.74) is 0.602. The highest BCUT2D eigenvalue weighted by molar-refractivity contribution is 7.87. The summed E-state index contributed by atoms with van der Waals surface area (Å²) in [4.78, 5) is 14.8. The molecule has 4 N–H and O–H groups in total. The summed E-state index contributed by atoms with van der Waals surface area (Å²) in [7, 11) is -3.93. The van der Waals surface area contributed by atoms with E-state index in [2.05, 4.69) is 15.0 Å². The monoisotopic (exact) mass is 362 g/mol. The zero-order valence-electron chi connectivity index (χ0n) is 11.8.